The van der Waals surface area contributed by atoms with E-state index in [1.165, 1.54) is 0 Å². The number of rotatable bonds is 2. The number of hydrogen-bond acceptors (Lipinski definition) is 8. The molecule has 0 spiro atoms. The fourth-order valence-electron chi connectivity index (χ4n) is 7.35. The SMILES string of the molecule is CC(C)(C)OC(=O)N1CCN2[C@@H](CC[C@@H]2C(=O)C#Cc2cccc(Cl)c2)C1.CC(C)(C)OC(=O)N1CCN2[C@@H](CC[C@@H]2C(O)C#Cc2cccc(Cl)c2)C1. The molecule has 54 heavy (non-hydrogen) atoms. The minimum Gasteiger partial charge on any atom is -0.444 e. The number of ether oxygens (including phenoxy) is 2. The average Bonchev–Trinajstić information content (AvgIpc) is 3.72. The van der Waals surface area contributed by atoms with Crippen molar-refractivity contribution in [1.29, 1.82) is 0 Å². The van der Waals surface area contributed by atoms with Crippen LogP contribution in [0, 0.1) is 23.7 Å². The number of Topliss-reactive ketones (excluding diaryl/α,β-unsaturated/α-hetero) is 1. The van der Waals surface area contributed by atoms with Crippen LogP contribution < -0.4 is 0 Å². The summed E-state index contributed by atoms with van der Waals surface area (Å²) < 4.78 is 10.9. The molecule has 0 saturated carbocycles. The van der Waals surface area contributed by atoms with Crippen LogP contribution in [-0.2, 0) is 14.3 Å². The number of aliphatic hydroxyl groups excluding tert-OH is 1. The van der Waals surface area contributed by atoms with Crippen LogP contribution in [0.25, 0.3) is 0 Å². The van der Waals surface area contributed by atoms with Crippen molar-refractivity contribution < 1.29 is 29.0 Å². The molecule has 0 bridgehead atoms. The highest BCUT2D eigenvalue weighted by atomic mass is 35.5. The van der Waals surface area contributed by atoms with Crippen molar-refractivity contribution in [1.82, 2.24) is 19.6 Å². The van der Waals surface area contributed by atoms with E-state index in [2.05, 4.69) is 33.5 Å². The van der Waals surface area contributed by atoms with E-state index >= 15 is 0 Å². The van der Waals surface area contributed by atoms with E-state index in [0.29, 0.717) is 42.8 Å². The molecule has 5 atom stereocenters. The number of hydrogen-bond donors (Lipinski definition) is 1. The van der Waals surface area contributed by atoms with Crippen molar-refractivity contribution in [3.63, 3.8) is 0 Å². The Kier molecular flexibility index (Phi) is 13.6. The molecular formula is C42H52Cl2N4O6. The van der Waals surface area contributed by atoms with Crippen LogP contribution in [0.15, 0.2) is 48.5 Å². The van der Waals surface area contributed by atoms with Crippen LogP contribution in [0.3, 0.4) is 0 Å². The van der Waals surface area contributed by atoms with Gasteiger partial charge in [0.2, 0.25) is 5.78 Å². The van der Waals surface area contributed by atoms with Gasteiger partial charge in [0.1, 0.15) is 17.3 Å². The minimum atomic E-state index is -0.720. The molecule has 4 fully saturated rings. The maximum Gasteiger partial charge on any atom is 0.410 e. The predicted octanol–water partition coefficient (Wildman–Crippen LogP) is 6.48. The topological polar surface area (TPSA) is 103 Å². The first-order valence-corrected chi connectivity index (χ1v) is 19.5. The Morgan fingerprint density at radius 1 is 0.722 bits per heavy atom. The first-order chi connectivity index (χ1) is 25.5. The predicted molar refractivity (Wildman–Crippen MR) is 210 cm³/mol. The van der Waals surface area contributed by atoms with Crippen LogP contribution >= 0.6 is 23.2 Å². The molecule has 12 heteroatoms. The van der Waals surface area contributed by atoms with Crippen LogP contribution in [0.5, 0.6) is 0 Å². The lowest BCUT2D eigenvalue weighted by molar-refractivity contribution is -0.118. The van der Waals surface area contributed by atoms with Gasteiger partial charge in [-0.05, 0) is 110 Å². The summed E-state index contributed by atoms with van der Waals surface area (Å²) in [6.45, 7) is 15.0. The molecule has 2 amide bonds. The molecule has 2 aromatic carbocycles. The Morgan fingerprint density at radius 3 is 1.76 bits per heavy atom. The van der Waals surface area contributed by atoms with Gasteiger partial charge in [0.15, 0.2) is 0 Å². The zero-order valence-electron chi connectivity index (χ0n) is 32.1. The summed E-state index contributed by atoms with van der Waals surface area (Å²) in [4.78, 5) is 45.2. The summed E-state index contributed by atoms with van der Waals surface area (Å²) in [6.07, 6.45) is 2.22. The summed E-state index contributed by atoms with van der Waals surface area (Å²) in [5.41, 5.74) is 0.544. The molecule has 1 unspecified atom stereocenters. The second-order valence-electron chi connectivity index (χ2n) is 16.2. The number of carbonyl (C=O) groups is 3. The van der Waals surface area contributed by atoms with E-state index in [9.17, 15) is 19.5 Å². The molecule has 0 radical (unpaired) electrons. The standard InChI is InChI=1S/C21H27ClN2O3.C21H25ClN2O3/c2*1-21(2,3)27-20(26)23-11-12-24-17(14-23)8-9-18(24)19(25)10-7-15-5-4-6-16(22)13-15/h4-6,13,17-19,25H,8-9,11-12,14H2,1-3H3;4-6,13,17-18H,8-9,11-12,14H2,1-3H3/t17-,18+,19?;17-,18+/m00/s1. The second kappa shape index (κ2) is 17.8. The van der Waals surface area contributed by atoms with Crippen molar-refractivity contribution in [2.24, 2.45) is 0 Å². The smallest absolute Gasteiger partial charge is 0.410 e. The van der Waals surface area contributed by atoms with Gasteiger partial charge >= 0.3 is 12.2 Å². The Hall–Kier alpha value is -3.77. The summed E-state index contributed by atoms with van der Waals surface area (Å²) in [7, 11) is 0. The molecule has 4 heterocycles. The first kappa shape index (κ1) is 41.4. The van der Waals surface area contributed by atoms with Crippen LogP contribution in [0.4, 0.5) is 9.59 Å². The molecule has 4 aliphatic rings. The quantitative estimate of drug-likeness (QED) is 0.346. The van der Waals surface area contributed by atoms with Crippen molar-refractivity contribution in [2.45, 2.75) is 109 Å². The highest BCUT2D eigenvalue weighted by molar-refractivity contribution is 6.31. The molecule has 0 aliphatic carbocycles. The molecule has 290 valence electrons. The minimum absolute atomic E-state index is 0.00229. The zero-order chi connectivity index (χ0) is 39.2. The third-order valence-corrected chi connectivity index (χ3v) is 10.2. The third kappa shape index (κ3) is 11.6. The monoisotopic (exact) mass is 778 g/mol. The highest BCUT2D eigenvalue weighted by Crippen LogP contribution is 2.31. The molecule has 10 nitrogen and oxygen atoms in total. The van der Waals surface area contributed by atoms with Gasteiger partial charge in [-0.2, -0.15) is 0 Å². The largest absolute Gasteiger partial charge is 0.444 e. The number of fused-ring (bicyclic) bond motifs is 2. The van der Waals surface area contributed by atoms with Crippen molar-refractivity contribution >= 4 is 41.2 Å². The van der Waals surface area contributed by atoms with Gasteiger partial charge in [-0.25, -0.2) is 9.59 Å². The van der Waals surface area contributed by atoms with Gasteiger partial charge in [-0.15, -0.1) is 0 Å². The molecule has 1 N–H and O–H groups in total. The van der Waals surface area contributed by atoms with Crippen molar-refractivity contribution in [3.8, 4) is 23.7 Å². The number of benzene rings is 2. The maximum atomic E-state index is 12.6. The molecular weight excluding hydrogens is 727 g/mol. The number of amides is 2. The number of halogens is 2. The lowest BCUT2D eigenvalue weighted by atomic mass is 10.1. The first-order valence-electron chi connectivity index (χ1n) is 18.7. The Labute approximate surface area is 330 Å². The summed E-state index contributed by atoms with van der Waals surface area (Å²) in [6, 6.07) is 14.7. The molecule has 0 aromatic heterocycles. The van der Waals surface area contributed by atoms with E-state index in [1.54, 1.807) is 34.1 Å². The van der Waals surface area contributed by atoms with Gasteiger partial charge in [0.05, 0.1) is 6.04 Å². The Balaban J connectivity index is 0.000000208. The number of carbonyl (C=O) groups excluding carboxylic acids is 3. The second-order valence-corrected chi connectivity index (χ2v) is 17.1. The zero-order valence-corrected chi connectivity index (χ0v) is 33.6. The summed E-state index contributed by atoms with van der Waals surface area (Å²) in [5, 5.41) is 11.8. The number of nitrogens with zero attached hydrogens (tertiary/aromatic N) is 4. The molecule has 4 aliphatic heterocycles. The highest BCUT2D eigenvalue weighted by Gasteiger charge is 2.43. The van der Waals surface area contributed by atoms with E-state index < -0.39 is 17.3 Å². The third-order valence-electron chi connectivity index (χ3n) is 9.77. The fourth-order valence-corrected chi connectivity index (χ4v) is 7.73. The Morgan fingerprint density at radius 2 is 1.22 bits per heavy atom. The average molecular weight is 780 g/mol. The summed E-state index contributed by atoms with van der Waals surface area (Å²) >= 11 is 11.9. The number of ketones is 1. The molecule has 2 aromatic rings. The van der Waals surface area contributed by atoms with E-state index in [-0.39, 0.29) is 42.1 Å². The van der Waals surface area contributed by atoms with Crippen molar-refractivity contribution in [3.05, 3.63) is 69.7 Å². The lowest BCUT2D eigenvalue weighted by Crippen LogP contribution is -2.56. The molecule has 6 rings (SSSR count). The van der Waals surface area contributed by atoms with Crippen LogP contribution in [0.1, 0.15) is 78.4 Å². The molecule has 4 saturated heterocycles. The van der Waals surface area contributed by atoms with E-state index in [0.717, 1.165) is 43.4 Å². The normalized spacial score (nSPS) is 23.3. The van der Waals surface area contributed by atoms with Gasteiger partial charge < -0.3 is 24.4 Å². The Bertz CT molecular complexity index is 1800. The summed E-state index contributed by atoms with van der Waals surface area (Å²) in [5.74, 6) is 11.6. The lowest BCUT2D eigenvalue weighted by Gasteiger charge is -2.40. The number of piperazine rings is 2. The van der Waals surface area contributed by atoms with Gasteiger partial charge in [0.25, 0.3) is 0 Å². The fraction of sp³-hybridized carbons (Fsp3) is 0.548. The maximum absolute atomic E-state index is 12.6. The number of aliphatic hydroxyl groups is 1. The van der Waals surface area contributed by atoms with E-state index in [4.69, 9.17) is 32.7 Å². The van der Waals surface area contributed by atoms with Crippen molar-refractivity contribution in [2.75, 3.05) is 39.3 Å². The van der Waals surface area contributed by atoms with Crippen LogP contribution in [0.2, 0.25) is 10.0 Å². The van der Waals surface area contributed by atoms with Gasteiger partial charge in [-0.1, -0.05) is 53.1 Å². The van der Waals surface area contributed by atoms with E-state index in [1.807, 2.05) is 65.8 Å². The van der Waals surface area contributed by atoms with Crippen LogP contribution in [-0.4, -0.2) is 123 Å². The van der Waals surface area contributed by atoms with Gasteiger partial charge in [0, 0.05) is 78.6 Å². The van der Waals surface area contributed by atoms with Gasteiger partial charge in [-0.3, -0.25) is 14.6 Å².